The van der Waals surface area contributed by atoms with Crippen LogP contribution in [0.5, 0.6) is 0 Å². The van der Waals surface area contributed by atoms with Gasteiger partial charge in [-0.15, -0.1) is 0 Å². The standard InChI is InChI=1S/C12H6F4N2O/c13-9-2-1-4-18-10(9)11(19)7-6-17-5-3-8(7)12(14,15)16/h1-6H. The number of pyridine rings is 2. The number of rotatable bonds is 2. The second-order valence-corrected chi connectivity index (χ2v) is 3.58. The maximum absolute atomic E-state index is 13.4. The minimum Gasteiger partial charge on any atom is -0.287 e. The Morgan fingerprint density at radius 3 is 2.53 bits per heavy atom. The highest BCUT2D eigenvalue weighted by molar-refractivity contribution is 6.08. The van der Waals surface area contributed by atoms with Gasteiger partial charge < -0.3 is 0 Å². The molecule has 3 nitrogen and oxygen atoms in total. The maximum atomic E-state index is 13.4. The molecule has 0 aliphatic rings. The fraction of sp³-hybridized carbons (Fsp3) is 0.0833. The largest absolute Gasteiger partial charge is 0.417 e. The van der Waals surface area contributed by atoms with E-state index in [1.165, 1.54) is 6.07 Å². The molecule has 2 heterocycles. The number of aromatic nitrogens is 2. The van der Waals surface area contributed by atoms with Crippen molar-refractivity contribution in [3.63, 3.8) is 0 Å². The van der Waals surface area contributed by atoms with Crippen LogP contribution in [0.3, 0.4) is 0 Å². The second-order valence-electron chi connectivity index (χ2n) is 3.58. The topological polar surface area (TPSA) is 42.9 Å². The number of ketones is 1. The molecule has 0 radical (unpaired) electrons. The lowest BCUT2D eigenvalue weighted by Gasteiger charge is -2.10. The van der Waals surface area contributed by atoms with E-state index in [9.17, 15) is 22.4 Å². The van der Waals surface area contributed by atoms with Crippen LogP contribution in [0, 0.1) is 5.82 Å². The Morgan fingerprint density at radius 2 is 1.89 bits per heavy atom. The van der Waals surface area contributed by atoms with Crippen LogP contribution in [0.2, 0.25) is 0 Å². The summed E-state index contributed by atoms with van der Waals surface area (Å²) in [6.45, 7) is 0. The van der Waals surface area contributed by atoms with Crippen molar-refractivity contribution < 1.29 is 22.4 Å². The number of hydrogen-bond donors (Lipinski definition) is 0. The van der Waals surface area contributed by atoms with Gasteiger partial charge in [0.25, 0.3) is 0 Å². The Bertz CT molecular complexity index is 625. The van der Waals surface area contributed by atoms with Gasteiger partial charge in [0.2, 0.25) is 5.78 Å². The van der Waals surface area contributed by atoms with E-state index in [1.54, 1.807) is 0 Å². The lowest BCUT2D eigenvalue weighted by atomic mass is 10.0. The number of carbonyl (C=O) groups excluding carboxylic acids is 1. The quantitative estimate of drug-likeness (QED) is 0.622. The second kappa shape index (κ2) is 4.75. The molecule has 0 aliphatic heterocycles. The smallest absolute Gasteiger partial charge is 0.287 e. The van der Waals surface area contributed by atoms with Gasteiger partial charge in [0.05, 0.1) is 11.1 Å². The highest BCUT2D eigenvalue weighted by Gasteiger charge is 2.36. The van der Waals surface area contributed by atoms with Crippen LogP contribution < -0.4 is 0 Å². The Kier molecular flexibility index (Phi) is 3.28. The third-order valence-electron chi connectivity index (χ3n) is 2.34. The van der Waals surface area contributed by atoms with Crippen LogP contribution in [0.15, 0.2) is 36.8 Å². The SMILES string of the molecule is O=C(c1cnccc1C(F)(F)F)c1ncccc1F. The van der Waals surface area contributed by atoms with Gasteiger partial charge >= 0.3 is 6.18 Å². The van der Waals surface area contributed by atoms with E-state index in [0.717, 1.165) is 24.7 Å². The molecule has 0 N–H and O–H groups in total. The van der Waals surface area contributed by atoms with E-state index in [1.807, 2.05) is 0 Å². The van der Waals surface area contributed by atoms with Crippen molar-refractivity contribution in [1.29, 1.82) is 0 Å². The molecule has 2 aromatic heterocycles. The minimum atomic E-state index is -4.72. The highest BCUT2D eigenvalue weighted by Crippen LogP contribution is 2.32. The van der Waals surface area contributed by atoms with Gasteiger partial charge in [-0.25, -0.2) is 9.37 Å². The maximum Gasteiger partial charge on any atom is 0.417 e. The average Bonchev–Trinajstić information content (AvgIpc) is 2.37. The summed E-state index contributed by atoms with van der Waals surface area (Å²) >= 11 is 0. The lowest BCUT2D eigenvalue weighted by Crippen LogP contribution is -2.16. The van der Waals surface area contributed by atoms with Gasteiger partial charge in [-0.05, 0) is 18.2 Å². The van der Waals surface area contributed by atoms with Crippen LogP contribution in [0.4, 0.5) is 17.6 Å². The van der Waals surface area contributed by atoms with Gasteiger partial charge in [-0.1, -0.05) is 0 Å². The van der Waals surface area contributed by atoms with Crippen molar-refractivity contribution in [2.24, 2.45) is 0 Å². The predicted octanol–water partition coefficient (Wildman–Crippen LogP) is 2.87. The number of carbonyl (C=O) groups is 1. The molecule has 2 rings (SSSR count). The number of nitrogens with zero attached hydrogens (tertiary/aromatic N) is 2. The third kappa shape index (κ3) is 2.59. The molecule has 0 saturated heterocycles. The summed E-state index contributed by atoms with van der Waals surface area (Å²) in [5.41, 5.74) is -2.56. The van der Waals surface area contributed by atoms with Gasteiger partial charge in [0, 0.05) is 18.6 Å². The zero-order chi connectivity index (χ0) is 14.0. The van der Waals surface area contributed by atoms with Crippen molar-refractivity contribution in [2.75, 3.05) is 0 Å². The van der Waals surface area contributed by atoms with Crippen molar-refractivity contribution in [1.82, 2.24) is 9.97 Å². The van der Waals surface area contributed by atoms with Gasteiger partial charge in [-0.2, -0.15) is 13.2 Å². The molecule has 0 saturated carbocycles. The van der Waals surface area contributed by atoms with Crippen LogP contribution in [-0.2, 0) is 6.18 Å². The van der Waals surface area contributed by atoms with Crippen molar-refractivity contribution in [3.05, 3.63) is 59.4 Å². The number of halogens is 4. The molecular weight excluding hydrogens is 264 g/mol. The van der Waals surface area contributed by atoms with Crippen molar-refractivity contribution >= 4 is 5.78 Å². The molecule has 0 aromatic carbocycles. The normalized spacial score (nSPS) is 11.4. The van der Waals surface area contributed by atoms with Crippen molar-refractivity contribution in [3.8, 4) is 0 Å². The Morgan fingerprint density at radius 1 is 1.16 bits per heavy atom. The van der Waals surface area contributed by atoms with Crippen LogP contribution in [0.1, 0.15) is 21.6 Å². The third-order valence-corrected chi connectivity index (χ3v) is 2.34. The Hall–Kier alpha value is -2.31. The van der Waals surface area contributed by atoms with E-state index in [2.05, 4.69) is 9.97 Å². The minimum absolute atomic E-state index is 0.661. The first-order chi connectivity index (χ1) is 8.91. The first kappa shape index (κ1) is 13.1. The molecule has 19 heavy (non-hydrogen) atoms. The summed E-state index contributed by atoms with van der Waals surface area (Å²) in [5, 5.41) is 0. The zero-order valence-electron chi connectivity index (χ0n) is 9.28. The summed E-state index contributed by atoms with van der Waals surface area (Å²) in [4.78, 5) is 18.8. The van der Waals surface area contributed by atoms with Gasteiger partial charge in [-0.3, -0.25) is 9.78 Å². The zero-order valence-corrected chi connectivity index (χ0v) is 9.28. The van der Waals surface area contributed by atoms with E-state index >= 15 is 0 Å². The number of alkyl halides is 3. The average molecular weight is 270 g/mol. The van der Waals surface area contributed by atoms with E-state index in [-0.39, 0.29) is 0 Å². The first-order valence-corrected chi connectivity index (χ1v) is 5.07. The monoisotopic (exact) mass is 270 g/mol. The van der Waals surface area contributed by atoms with Crippen molar-refractivity contribution in [2.45, 2.75) is 6.18 Å². The molecular formula is C12H6F4N2O. The summed E-state index contributed by atoms with van der Waals surface area (Å²) in [6, 6.07) is 2.85. The van der Waals surface area contributed by atoms with Gasteiger partial charge in [0.15, 0.2) is 5.82 Å². The fourth-order valence-corrected chi connectivity index (χ4v) is 1.50. The first-order valence-electron chi connectivity index (χ1n) is 5.07. The van der Waals surface area contributed by atoms with E-state index in [4.69, 9.17) is 0 Å². The molecule has 0 spiro atoms. The fourth-order valence-electron chi connectivity index (χ4n) is 1.50. The summed E-state index contributed by atoms with van der Waals surface area (Å²) < 4.78 is 51.6. The molecule has 0 amide bonds. The summed E-state index contributed by atoms with van der Waals surface area (Å²) in [5.74, 6) is -2.14. The molecule has 0 fully saturated rings. The highest BCUT2D eigenvalue weighted by atomic mass is 19.4. The molecule has 0 aliphatic carbocycles. The summed E-state index contributed by atoms with van der Waals surface area (Å²) in [6.07, 6.45) is -1.94. The van der Waals surface area contributed by atoms with E-state index in [0.29, 0.717) is 6.07 Å². The number of hydrogen-bond acceptors (Lipinski definition) is 3. The summed E-state index contributed by atoms with van der Waals surface area (Å²) in [7, 11) is 0. The lowest BCUT2D eigenvalue weighted by molar-refractivity contribution is -0.137. The Balaban J connectivity index is 2.55. The molecule has 0 unspecified atom stereocenters. The Labute approximate surface area is 104 Å². The molecule has 7 heteroatoms. The van der Waals surface area contributed by atoms with Crippen LogP contribution in [0.25, 0.3) is 0 Å². The predicted molar refractivity (Wildman–Crippen MR) is 56.9 cm³/mol. The molecule has 0 bridgehead atoms. The van der Waals surface area contributed by atoms with Crippen LogP contribution >= 0.6 is 0 Å². The molecule has 2 aromatic rings. The van der Waals surface area contributed by atoms with Gasteiger partial charge in [0.1, 0.15) is 5.69 Å². The molecule has 98 valence electrons. The van der Waals surface area contributed by atoms with E-state index < -0.39 is 34.6 Å². The molecule has 0 atom stereocenters. The van der Waals surface area contributed by atoms with Crippen LogP contribution in [-0.4, -0.2) is 15.8 Å².